The molecule has 5 heteroatoms. The summed E-state index contributed by atoms with van der Waals surface area (Å²) >= 11 is 5.16. The van der Waals surface area contributed by atoms with Crippen LogP contribution in [0, 0.1) is 6.92 Å². The highest BCUT2D eigenvalue weighted by atomic mass is 79.9. The van der Waals surface area contributed by atoms with Crippen LogP contribution in [0.2, 0.25) is 0 Å². The Morgan fingerprint density at radius 3 is 2.79 bits per heavy atom. The van der Waals surface area contributed by atoms with Crippen molar-refractivity contribution in [1.82, 2.24) is 0 Å². The van der Waals surface area contributed by atoms with E-state index < -0.39 is 0 Å². The lowest BCUT2D eigenvalue weighted by Crippen LogP contribution is -2.07. The van der Waals surface area contributed by atoms with Gasteiger partial charge in [-0.1, -0.05) is 6.07 Å². The zero-order chi connectivity index (χ0) is 13.8. The van der Waals surface area contributed by atoms with E-state index in [2.05, 4.69) is 38.0 Å². The highest BCUT2D eigenvalue weighted by Gasteiger charge is 2.03. The van der Waals surface area contributed by atoms with E-state index in [1.54, 1.807) is 11.3 Å². The molecule has 0 aliphatic rings. The molecule has 2 aromatic rings. The number of benzene rings is 1. The molecule has 0 bridgehead atoms. The highest BCUT2D eigenvalue weighted by molar-refractivity contribution is 9.10. The lowest BCUT2D eigenvalue weighted by molar-refractivity contribution is -0.114. The average molecular weight is 339 g/mol. The van der Waals surface area contributed by atoms with Gasteiger partial charge in [-0.3, -0.25) is 4.79 Å². The Balaban J connectivity index is 2.08. The molecule has 1 aromatic heterocycles. The van der Waals surface area contributed by atoms with Gasteiger partial charge in [0.05, 0.1) is 0 Å². The van der Waals surface area contributed by atoms with E-state index in [0.717, 1.165) is 28.0 Å². The van der Waals surface area contributed by atoms with E-state index in [1.165, 1.54) is 11.8 Å². The molecule has 0 unspecified atom stereocenters. The van der Waals surface area contributed by atoms with Gasteiger partial charge in [-0.05, 0) is 46.6 Å². The van der Waals surface area contributed by atoms with Gasteiger partial charge in [0.15, 0.2) is 0 Å². The van der Waals surface area contributed by atoms with Crippen molar-refractivity contribution in [2.24, 2.45) is 0 Å². The first-order valence-electron chi connectivity index (χ1n) is 5.89. The van der Waals surface area contributed by atoms with Gasteiger partial charge >= 0.3 is 0 Å². The molecule has 0 saturated carbocycles. The van der Waals surface area contributed by atoms with Crippen molar-refractivity contribution in [3.63, 3.8) is 0 Å². The standard InChI is InChI=1S/C14H15BrN2OS/c1-9-3-4-12(17-10(2)18)6-14(9)16-7-13-5-11(15)8-19-13/h3-6,8,16H,7H2,1-2H3,(H,17,18). The van der Waals surface area contributed by atoms with Gasteiger partial charge in [0.2, 0.25) is 5.91 Å². The molecule has 0 fully saturated rings. The van der Waals surface area contributed by atoms with Crippen molar-refractivity contribution in [2.45, 2.75) is 20.4 Å². The van der Waals surface area contributed by atoms with E-state index in [0.29, 0.717) is 0 Å². The molecule has 0 aliphatic carbocycles. The first kappa shape index (κ1) is 14.1. The number of rotatable bonds is 4. The molecule has 1 heterocycles. The summed E-state index contributed by atoms with van der Waals surface area (Å²) in [6, 6.07) is 7.96. The molecule has 100 valence electrons. The Bertz CT molecular complexity index is 595. The smallest absolute Gasteiger partial charge is 0.221 e. The molecule has 2 N–H and O–H groups in total. The summed E-state index contributed by atoms with van der Waals surface area (Å²) in [6.07, 6.45) is 0. The second-order valence-corrected chi connectivity index (χ2v) is 6.21. The normalized spacial score (nSPS) is 10.3. The van der Waals surface area contributed by atoms with Crippen LogP contribution in [-0.4, -0.2) is 5.91 Å². The van der Waals surface area contributed by atoms with Crippen LogP contribution in [0.4, 0.5) is 11.4 Å². The second kappa shape index (κ2) is 6.21. The number of halogens is 1. The number of aryl methyl sites for hydroxylation is 1. The highest BCUT2D eigenvalue weighted by Crippen LogP contribution is 2.24. The van der Waals surface area contributed by atoms with Gasteiger partial charge in [-0.15, -0.1) is 11.3 Å². The van der Waals surface area contributed by atoms with Gasteiger partial charge in [-0.2, -0.15) is 0 Å². The van der Waals surface area contributed by atoms with E-state index in [1.807, 2.05) is 25.1 Å². The van der Waals surface area contributed by atoms with Crippen molar-refractivity contribution >= 4 is 44.5 Å². The number of nitrogens with one attached hydrogen (secondary N) is 2. The SMILES string of the molecule is CC(=O)Nc1ccc(C)c(NCc2cc(Br)cs2)c1. The lowest BCUT2D eigenvalue weighted by Gasteiger charge is -2.11. The molecule has 3 nitrogen and oxygen atoms in total. The molecular weight excluding hydrogens is 324 g/mol. The summed E-state index contributed by atoms with van der Waals surface area (Å²) in [5, 5.41) is 8.25. The minimum absolute atomic E-state index is 0.0583. The van der Waals surface area contributed by atoms with Crippen LogP contribution < -0.4 is 10.6 Å². The molecule has 0 aliphatic heterocycles. The number of carbonyl (C=O) groups excluding carboxylic acids is 1. The van der Waals surface area contributed by atoms with Gasteiger partial charge in [0.1, 0.15) is 0 Å². The lowest BCUT2D eigenvalue weighted by atomic mass is 10.1. The van der Waals surface area contributed by atoms with Crippen LogP contribution in [0.25, 0.3) is 0 Å². The van der Waals surface area contributed by atoms with Gasteiger partial charge in [0.25, 0.3) is 0 Å². The third-order valence-corrected chi connectivity index (χ3v) is 4.33. The number of thiophene rings is 1. The first-order valence-corrected chi connectivity index (χ1v) is 7.57. The fourth-order valence-electron chi connectivity index (χ4n) is 1.72. The quantitative estimate of drug-likeness (QED) is 0.867. The molecule has 1 aromatic carbocycles. The number of hydrogen-bond acceptors (Lipinski definition) is 3. The molecule has 19 heavy (non-hydrogen) atoms. The molecule has 0 atom stereocenters. The van der Waals surface area contributed by atoms with Crippen LogP contribution in [0.5, 0.6) is 0 Å². The Morgan fingerprint density at radius 2 is 2.16 bits per heavy atom. The Morgan fingerprint density at radius 1 is 1.37 bits per heavy atom. The zero-order valence-electron chi connectivity index (χ0n) is 10.8. The van der Waals surface area contributed by atoms with Crippen molar-refractivity contribution in [1.29, 1.82) is 0 Å². The Labute approximate surface area is 125 Å². The molecular formula is C14H15BrN2OS. The maximum Gasteiger partial charge on any atom is 0.221 e. The third-order valence-electron chi connectivity index (χ3n) is 2.63. The average Bonchev–Trinajstić information content (AvgIpc) is 2.75. The van der Waals surface area contributed by atoms with Crippen LogP contribution in [0.15, 0.2) is 34.1 Å². The zero-order valence-corrected chi connectivity index (χ0v) is 13.2. The first-order chi connectivity index (χ1) is 9.04. The molecule has 1 amide bonds. The minimum atomic E-state index is -0.0583. The van der Waals surface area contributed by atoms with E-state index in [4.69, 9.17) is 0 Å². The number of anilines is 2. The largest absolute Gasteiger partial charge is 0.380 e. The van der Waals surface area contributed by atoms with Crippen LogP contribution >= 0.6 is 27.3 Å². The van der Waals surface area contributed by atoms with Gasteiger partial charge < -0.3 is 10.6 Å². The van der Waals surface area contributed by atoms with Gasteiger partial charge in [0, 0.05) is 39.6 Å². The van der Waals surface area contributed by atoms with E-state index in [9.17, 15) is 4.79 Å². The van der Waals surface area contributed by atoms with Crippen molar-refractivity contribution < 1.29 is 4.79 Å². The molecule has 0 radical (unpaired) electrons. The molecule has 0 spiro atoms. The number of hydrogen-bond donors (Lipinski definition) is 2. The number of carbonyl (C=O) groups is 1. The summed E-state index contributed by atoms with van der Waals surface area (Å²) in [5.74, 6) is -0.0583. The van der Waals surface area contributed by atoms with E-state index >= 15 is 0 Å². The summed E-state index contributed by atoms with van der Waals surface area (Å²) in [6.45, 7) is 4.33. The fraction of sp³-hybridized carbons (Fsp3) is 0.214. The summed E-state index contributed by atoms with van der Waals surface area (Å²) < 4.78 is 1.11. The molecule has 2 rings (SSSR count). The van der Waals surface area contributed by atoms with Crippen molar-refractivity contribution in [3.8, 4) is 0 Å². The van der Waals surface area contributed by atoms with Gasteiger partial charge in [-0.25, -0.2) is 0 Å². The predicted molar refractivity (Wildman–Crippen MR) is 84.8 cm³/mol. The van der Waals surface area contributed by atoms with Crippen molar-refractivity contribution in [3.05, 3.63) is 44.6 Å². The maximum atomic E-state index is 11.1. The third kappa shape index (κ3) is 4.08. The molecule has 0 saturated heterocycles. The summed E-state index contributed by atoms with van der Waals surface area (Å²) in [7, 11) is 0. The number of amides is 1. The summed E-state index contributed by atoms with van der Waals surface area (Å²) in [5.41, 5.74) is 3.01. The van der Waals surface area contributed by atoms with Crippen LogP contribution in [0.1, 0.15) is 17.4 Å². The van der Waals surface area contributed by atoms with Crippen LogP contribution in [-0.2, 0) is 11.3 Å². The van der Waals surface area contributed by atoms with E-state index in [-0.39, 0.29) is 5.91 Å². The second-order valence-electron chi connectivity index (χ2n) is 4.30. The predicted octanol–water partition coefficient (Wildman–Crippen LogP) is 4.39. The summed E-state index contributed by atoms with van der Waals surface area (Å²) in [4.78, 5) is 12.3. The Hall–Kier alpha value is -1.33. The topological polar surface area (TPSA) is 41.1 Å². The Kier molecular flexibility index (Phi) is 4.61. The van der Waals surface area contributed by atoms with Crippen LogP contribution in [0.3, 0.4) is 0 Å². The maximum absolute atomic E-state index is 11.1. The fourth-order valence-corrected chi connectivity index (χ4v) is 3.11. The monoisotopic (exact) mass is 338 g/mol. The minimum Gasteiger partial charge on any atom is -0.380 e. The van der Waals surface area contributed by atoms with Crippen molar-refractivity contribution in [2.75, 3.05) is 10.6 Å².